The van der Waals surface area contributed by atoms with Crippen molar-refractivity contribution in [3.63, 3.8) is 0 Å². The predicted molar refractivity (Wildman–Crippen MR) is 86.9 cm³/mol. The van der Waals surface area contributed by atoms with E-state index in [9.17, 15) is 9.90 Å². The summed E-state index contributed by atoms with van der Waals surface area (Å²) in [5.74, 6) is 0.0919. The summed E-state index contributed by atoms with van der Waals surface area (Å²) >= 11 is 0. The Labute approximate surface area is 129 Å². The van der Waals surface area contributed by atoms with E-state index in [-0.39, 0.29) is 24.3 Å². The molecule has 22 heavy (non-hydrogen) atoms. The average molecular weight is 296 g/mol. The highest BCUT2D eigenvalue weighted by atomic mass is 16.3. The van der Waals surface area contributed by atoms with Gasteiger partial charge in [0.2, 0.25) is 0 Å². The topological polar surface area (TPSA) is 54.6 Å². The van der Waals surface area contributed by atoms with Crippen molar-refractivity contribution in [2.75, 3.05) is 13.2 Å². The van der Waals surface area contributed by atoms with Gasteiger partial charge >= 0.3 is 0 Å². The zero-order valence-corrected chi connectivity index (χ0v) is 13.0. The van der Waals surface area contributed by atoms with Crippen LogP contribution in [-0.4, -0.2) is 34.3 Å². The van der Waals surface area contributed by atoms with Crippen LogP contribution < -0.4 is 0 Å². The summed E-state index contributed by atoms with van der Waals surface area (Å²) in [6.45, 7) is 5.40. The molecule has 0 bridgehead atoms. The molecule has 1 aromatic heterocycles. The number of hydrogen-bond donors (Lipinski definition) is 1. The van der Waals surface area contributed by atoms with E-state index in [1.165, 1.54) is 5.69 Å². The second-order valence-corrected chi connectivity index (χ2v) is 7.10. The molecule has 1 aliphatic heterocycles. The number of carbonyl (C=O) groups excluding carboxylic acids is 1. The first kappa shape index (κ1) is 13.7. The van der Waals surface area contributed by atoms with Crippen LogP contribution in [0.2, 0.25) is 0 Å². The molecule has 2 aromatic rings. The Bertz CT molecular complexity index is 827. The molecule has 4 heteroatoms. The van der Waals surface area contributed by atoms with Gasteiger partial charge in [-0.3, -0.25) is 9.79 Å². The van der Waals surface area contributed by atoms with E-state index >= 15 is 0 Å². The van der Waals surface area contributed by atoms with E-state index in [0.29, 0.717) is 6.54 Å². The Morgan fingerprint density at radius 2 is 2.14 bits per heavy atom. The summed E-state index contributed by atoms with van der Waals surface area (Å²) < 4.78 is 2.18. The van der Waals surface area contributed by atoms with Crippen LogP contribution >= 0.6 is 0 Å². The molecule has 2 aliphatic rings. The lowest BCUT2D eigenvalue weighted by atomic mass is 9.75. The molecular weight excluding hydrogens is 276 g/mol. The highest BCUT2D eigenvalue weighted by molar-refractivity contribution is 6.22. The van der Waals surface area contributed by atoms with Crippen LogP contribution in [0.3, 0.4) is 0 Å². The van der Waals surface area contributed by atoms with Crippen LogP contribution in [0, 0.1) is 5.41 Å². The Hall–Kier alpha value is -1.94. The molecule has 1 N–H and O–H groups in total. The molecule has 0 radical (unpaired) electrons. The number of hydrogen-bond acceptors (Lipinski definition) is 3. The number of aliphatic hydroxyl groups excluding tert-OH is 1. The molecule has 0 fully saturated rings. The van der Waals surface area contributed by atoms with Crippen LogP contribution in [0.5, 0.6) is 0 Å². The number of nitrogens with zero attached hydrogens (tertiary/aromatic N) is 2. The second kappa shape index (κ2) is 4.53. The van der Waals surface area contributed by atoms with Crippen LogP contribution in [0.1, 0.15) is 41.9 Å². The molecule has 1 aliphatic carbocycles. The second-order valence-electron chi connectivity index (χ2n) is 7.10. The monoisotopic (exact) mass is 296 g/mol. The van der Waals surface area contributed by atoms with Crippen molar-refractivity contribution in [1.82, 2.24) is 4.57 Å². The van der Waals surface area contributed by atoms with E-state index in [2.05, 4.69) is 29.5 Å². The summed E-state index contributed by atoms with van der Waals surface area (Å²) in [6, 6.07) is 5.90. The minimum absolute atomic E-state index is 0.0919. The molecule has 0 saturated carbocycles. The SMILES string of the molecule is CC1(C)CC2=NCC(=O)c3cccc4c3c2c(n4CCO)C1. The van der Waals surface area contributed by atoms with Gasteiger partial charge in [0, 0.05) is 40.0 Å². The van der Waals surface area contributed by atoms with Crippen LogP contribution in [-0.2, 0) is 13.0 Å². The number of aliphatic imine (C=N–C) groups is 1. The molecule has 114 valence electrons. The number of ketones is 1. The summed E-state index contributed by atoms with van der Waals surface area (Å²) in [5.41, 5.74) is 5.40. The summed E-state index contributed by atoms with van der Waals surface area (Å²) in [7, 11) is 0. The van der Waals surface area contributed by atoms with Gasteiger partial charge in [0.15, 0.2) is 5.78 Å². The third-order valence-electron chi connectivity index (χ3n) is 4.82. The van der Waals surface area contributed by atoms with Gasteiger partial charge in [-0.2, -0.15) is 0 Å². The lowest BCUT2D eigenvalue weighted by Crippen LogP contribution is -2.29. The minimum atomic E-state index is 0.0919. The average Bonchev–Trinajstić information content (AvgIpc) is 2.69. The minimum Gasteiger partial charge on any atom is -0.395 e. The maximum absolute atomic E-state index is 12.4. The van der Waals surface area contributed by atoms with Crippen molar-refractivity contribution >= 4 is 22.4 Å². The quantitative estimate of drug-likeness (QED) is 0.926. The van der Waals surface area contributed by atoms with Crippen LogP contribution in [0.4, 0.5) is 0 Å². The summed E-state index contributed by atoms with van der Waals surface area (Å²) in [5, 5.41) is 10.5. The fraction of sp³-hybridized carbons (Fsp3) is 0.444. The molecule has 4 rings (SSSR count). The van der Waals surface area contributed by atoms with Crippen molar-refractivity contribution in [3.05, 3.63) is 35.0 Å². The Kier molecular flexibility index (Phi) is 2.82. The number of Topliss-reactive ketones (excluding diaryl/α,β-unsaturated/α-hetero) is 1. The molecular formula is C18H20N2O2. The lowest BCUT2D eigenvalue weighted by molar-refractivity contribution is 0.100. The fourth-order valence-corrected chi connectivity index (χ4v) is 3.98. The molecule has 0 spiro atoms. The van der Waals surface area contributed by atoms with Gasteiger partial charge in [0.05, 0.1) is 6.61 Å². The normalized spacial score (nSPS) is 19.2. The Balaban J connectivity index is 2.14. The number of aromatic nitrogens is 1. The van der Waals surface area contributed by atoms with Gasteiger partial charge in [0.1, 0.15) is 6.54 Å². The molecule has 1 aromatic carbocycles. The van der Waals surface area contributed by atoms with Gasteiger partial charge in [-0.1, -0.05) is 26.0 Å². The van der Waals surface area contributed by atoms with Crippen LogP contribution in [0.25, 0.3) is 10.9 Å². The Morgan fingerprint density at radius 1 is 1.32 bits per heavy atom. The smallest absolute Gasteiger partial charge is 0.184 e. The van der Waals surface area contributed by atoms with Crippen molar-refractivity contribution in [2.45, 2.75) is 33.2 Å². The van der Waals surface area contributed by atoms with E-state index in [1.807, 2.05) is 12.1 Å². The van der Waals surface area contributed by atoms with E-state index < -0.39 is 0 Å². The van der Waals surface area contributed by atoms with Crippen molar-refractivity contribution in [2.24, 2.45) is 10.4 Å². The number of rotatable bonds is 2. The largest absolute Gasteiger partial charge is 0.395 e. The molecule has 0 unspecified atom stereocenters. The number of carbonyl (C=O) groups is 1. The first-order chi connectivity index (χ1) is 10.5. The van der Waals surface area contributed by atoms with E-state index in [0.717, 1.165) is 40.6 Å². The zero-order chi connectivity index (χ0) is 15.5. The molecule has 2 heterocycles. The standard InChI is InChI=1S/C18H20N2O2/c1-18(2)8-12-17-14(9-18)20(6-7-21)13-5-3-4-11(16(13)17)15(22)10-19-12/h3-5,21H,6-10H2,1-2H3. The van der Waals surface area contributed by atoms with E-state index in [4.69, 9.17) is 0 Å². The maximum Gasteiger partial charge on any atom is 0.184 e. The van der Waals surface area contributed by atoms with Crippen LogP contribution in [0.15, 0.2) is 23.2 Å². The number of aliphatic hydroxyl groups is 1. The summed E-state index contributed by atoms with van der Waals surface area (Å²) in [4.78, 5) is 17.1. The third kappa shape index (κ3) is 1.80. The molecule has 4 nitrogen and oxygen atoms in total. The maximum atomic E-state index is 12.4. The van der Waals surface area contributed by atoms with Gasteiger partial charge in [-0.25, -0.2) is 0 Å². The van der Waals surface area contributed by atoms with Gasteiger partial charge in [-0.15, -0.1) is 0 Å². The zero-order valence-electron chi connectivity index (χ0n) is 13.0. The number of benzene rings is 1. The molecule has 0 amide bonds. The fourth-order valence-electron chi connectivity index (χ4n) is 3.98. The third-order valence-corrected chi connectivity index (χ3v) is 4.82. The first-order valence-corrected chi connectivity index (χ1v) is 7.84. The van der Waals surface area contributed by atoms with Crippen molar-refractivity contribution < 1.29 is 9.90 Å². The van der Waals surface area contributed by atoms with E-state index in [1.54, 1.807) is 0 Å². The highest BCUT2D eigenvalue weighted by Crippen LogP contribution is 2.42. The van der Waals surface area contributed by atoms with Gasteiger partial charge < -0.3 is 9.67 Å². The van der Waals surface area contributed by atoms with Gasteiger partial charge in [0.25, 0.3) is 0 Å². The van der Waals surface area contributed by atoms with Gasteiger partial charge in [-0.05, 0) is 24.3 Å². The van der Waals surface area contributed by atoms with Crippen molar-refractivity contribution in [3.8, 4) is 0 Å². The first-order valence-electron chi connectivity index (χ1n) is 7.84. The Morgan fingerprint density at radius 3 is 2.91 bits per heavy atom. The molecule has 0 saturated heterocycles. The van der Waals surface area contributed by atoms with Crippen molar-refractivity contribution in [1.29, 1.82) is 0 Å². The lowest BCUT2D eigenvalue weighted by Gasteiger charge is -2.31. The summed E-state index contributed by atoms with van der Waals surface area (Å²) in [6.07, 6.45) is 1.85. The predicted octanol–water partition coefficient (Wildman–Crippen LogP) is 2.59. The highest BCUT2D eigenvalue weighted by Gasteiger charge is 2.36. The molecule has 0 atom stereocenters.